The molecule has 0 bridgehead atoms. The van der Waals surface area contributed by atoms with Crippen LogP contribution in [0.25, 0.3) is 0 Å². The van der Waals surface area contributed by atoms with E-state index < -0.39 is 0 Å². The minimum Gasteiger partial charge on any atom is -0.258 e. The highest BCUT2D eigenvalue weighted by Gasteiger charge is 2.15. The Kier molecular flexibility index (Phi) is 3.03. The fourth-order valence-electron chi connectivity index (χ4n) is 1.15. The first-order chi connectivity index (χ1) is 6.02. The van der Waals surface area contributed by atoms with Crippen LogP contribution in [0.15, 0.2) is 22.7 Å². The molecule has 0 N–H and O–H groups in total. The fraction of sp³-hybridized carbons (Fsp3) is 0.333. The molecule has 0 radical (unpaired) electrons. The third kappa shape index (κ3) is 2.28. The van der Waals surface area contributed by atoms with Gasteiger partial charge in [-0.1, -0.05) is 29.8 Å². The van der Waals surface area contributed by atoms with E-state index in [9.17, 15) is 10.1 Å². The third-order valence-electron chi connectivity index (χ3n) is 1.81. The zero-order valence-corrected chi connectivity index (χ0v) is 9.04. The van der Waals surface area contributed by atoms with Gasteiger partial charge in [0.2, 0.25) is 0 Å². The zero-order valence-electron chi connectivity index (χ0n) is 7.45. The predicted octanol–water partition coefficient (Wildman–Crippen LogP) is 3.48. The standard InChI is InChI=1S/C9H10BrNO2/c1-6(2)8-5-7(10)3-4-9(8)11(12)13/h3-6H,1-2H3. The van der Waals surface area contributed by atoms with Gasteiger partial charge in [0.05, 0.1) is 4.92 Å². The van der Waals surface area contributed by atoms with Crippen molar-refractivity contribution in [3.05, 3.63) is 38.3 Å². The Morgan fingerprint density at radius 3 is 2.54 bits per heavy atom. The van der Waals surface area contributed by atoms with Crippen LogP contribution in [0.5, 0.6) is 0 Å². The Labute approximate surface area is 85.0 Å². The van der Waals surface area contributed by atoms with Gasteiger partial charge in [-0.15, -0.1) is 0 Å². The molecule has 70 valence electrons. The van der Waals surface area contributed by atoms with Gasteiger partial charge in [-0.3, -0.25) is 10.1 Å². The van der Waals surface area contributed by atoms with Crippen LogP contribution in [0.4, 0.5) is 5.69 Å². The molecule has 13 heavy (non-hydrogen) atoms. The van der Waals surface area contributed by atoms with Gasteiger partial charge >= 0.3 is 0 Å². The Balaban J connectivity index is 3.26. The lowest BCUT2D eigenvalue weighted by Gasteiger charge is -2.06. The van der Waals surface area contributed by atoms with Gasteiger partial charge in [0, 0.05) is 16.1 Å². The molecule has 0 heterocycles. The normalized spacial score (nSPS) is 10.5. The molecular weight excluding hydrogens is 234 g/mol. The van der Waals surface area contributed by atoms with Gasteiger partial charge in [-0.2, -0.15) is 0 Å². The molecule has 4 heteroatoms. The van der Waals surface area contributed by atoms with Crippen molar-refractivity contribution in [2.75, 3.05) is 0 Å². The van der Waals surface area contributed by atoms with Crippen molar-refractivity contribution in [2.24, 2.45) is 0 Å². The number of hydrogen-bond acceptors (Lipinski definition) is 2. The highest BCUT2D eigenvalue weighted by Crippen LogP contribution is 2.28. The Bertz CT molecular complexity index is 336. The van der Waals surface area contributed by atoms with Crippen molar-refractivity contribution in [3.8, 4) is 0 Å². The van der Waals surface area contributed by atoms with Crippen LogP contribution in [-0.2, 0) is 0 Å². The SMILES string of the molecule is CC(C)c1cc(Br)ccc1[N+](=O)[O-]. The number of nitro benzene ring substituents is 1. The van der Waals surface area contributed by atoms with Crippen LogP contribution in [0, 0.1) is 10.1 Å². The Morgan fingerprint density at radius 1 is 1.46 bits per heavy atom. The second-order valence-corrected chi connectivity index (χ2v) is 4.03. The van der Waals surface area contributed by atoms with E-state index in [1.54, 1.807) is 12.1 Å². The molecule has 0 aromatic heterocycles. The molecule has 1 aromatic carbocycles. The lowest BCUT2D eigenvalue weighted by molar-refractivity contribution is -0.385. The molecule has 0 saturated heterocycles. The zero-order chi connectivity index (χ0) is 10.0. The fourth-order valence-corrected chi connectivity index (χ4v) is 1.53. The number of halogens is 1. The first-order valence-electron chi connectivity index (χ1n) is 3.96. The van der Waals surface area contributed by atoms with Crippen LogP contribution in [0.1, 0.15) is 25.3 Å². The van der Waals surface area contributed by atoms with E-state index >= 15 is 0 Å². The smallest absolute Gasteiger partial charge is 0.258 e. The summed E-state index contributed by atoms with van der Waals surface area (Å²) in [4.78, 5) is 10.3. The maximum atomic E-state index is 10.6. The minimum atomic E-state index is -0.345. The number of benzene rings is 1. The minimum absolute atomic E-state index is 0.165. The van der Waals surface area contributed by atoms with Gasteiger partial charge < -0.3 is 0 Å². The molecule has 0 aliphatic rings. The summed E-state index contributed by atoms with van der Waals surface area (Å²) >= 11 is 3.29. The van der Waals surface area contributed by atoms with E-state index in [0.29, 0.717) is 0 Å². The molecule has 0 aliphatic carbocycles. The van der Waals surface area contributed by atoms with Crippen LogP contribution in [-0.4, -0.2) is 4.92 Å². The summed E-state index contributed by atoms with van der Waals surface area (Å²) in [5, 5.41) is 10.6. The van der Waals surface area contributed by atoms with E-state index in [1.807, 2.05) is 13.8 Å². The molecular formula is C9H10BrNO2. The van der Waals surface area contributed by atoms with E-state index in [-0.39, 0.29) is 16.5 Å². The van der Waals surface area contributed by atoms with Crippen molar-refractivity contribution in [1.29, 1.82) is 0 Å². The molecule has 3 nitrogen and oxygen atoms in total. The number of hydrogen-bond donors (Lipinski definition) is 0. The van der Waals surface area contributed by atoms with Gasteiger partial charge in [0.25, 0.3) is 5.69 Å². The topological polar surface area (TPSA) is 43.1 Å². The molecule has 0 amide bonds. The van der Waals surface area contributed by atoms with Gasteiger partial charge in [0.1, 0.15) is 0 Å². The summed E-state index contributed by atoms with van der Waals surface area (Å²) in [6, 6.07) is 5.01. The molecule has 0 unspecified atom stereocenters. The van der Waals surface area contributed by atoms with E-state index in [4.69, 9.17) is 0 Å². The van der Waals surface area contributed by atoms with Crippen molar-refractivity contribution in [3.63, 3.8) is 0 Å². The summed E-state index contributed by atoms with van der Waals surface area (Å²) in [5.41, 5.74) is 0.956. The van der Waals surface area contributed by atoms with Crippen LogP contribution < -0.4 is 0 Å². The summed E-state index contributed by atoms with van der Waals surface area (Å²) in [6.45, 7) is 3.88. The van der Waals surface area contributed by atoms with Gasteiger partial charge in [0.15, 0.2) is 0 Å². The maximum absolute atomic E-state index is 10.6. The average Bonchev–Trinajstić information content (AvgIpc) is 2.03. The van der Waals surface area contributed by atoms with Crippen LogP contribution in [0.3, 0.4) is 0 Å². The van der Waals surface area contributed by atoms with Crippen LogP contribution in [0.2, 0.25) is 0 Å². The summed E-state index contributed by atoms with van der Waals surface area (Å²) in [5.74, 6) is 0.165. The first kappa shape index (κ1) is 10.2. The average molecular weight is 244 g/mol. The quantitative estimate of drug-likeness (QED) is 0.590. The number of rotatable bonds is 2. The lowest BCUT2D eigenvalue weighted by atomic mass is 10.0. The number of nitrogens with zero attached hydrogens (tertiary/aromatic N) is 1. The maximum Gasteiger partial charge on any atom is 0.272 e. The summed E-state index contributed by atoms with van der Waals surface area (Å²) < 4.78 is 0.877. The first-order valence-corrected chi connectivity index (χ1v) is 4.75. The van der Waals surface area contributed by atoms with Crippen molar-refractivity contribution in [2.45, 2.75) is 19.8 Å². The summed E-state index contributed by atoms with van der Waals surface area (Å²) in [6.07, 6.45) is 0. The Morgan fingerprint density at radius 2 is 2.08 bits per heavy atom. The molecule has 0 fully saturated rings. The monoisotopic (exact) mass is 243 g/mol. The third-order valence-corrected chi connectivity index (χ3v) is 2.30. The van der Waals surface area contributed by atoms with Crippen LogP contribution >= 0.6 is 15.9 Å². The van der Waals surface area contributed by atoms with Gasteiger partial charge in [-0.25, -0.2) is 0 Å². The largest absolute Gasteiger partial charge is 0.272 e. The molecule has 0 aliphatic heterocycles. The predicted molar refractivity (Wildman–Crippen MR) is 54.9 cm³/mol. The highest BCUT2D eigenvalue weighted by atomic mass is 79.9. The molecule has 1 rings (SSSR count). The summed E-state index contributed by atoms with van der Waals surface area (Å²) in [7, 11) is 0. The second kappa shape index (κ2) is 3.87. The van der Waals surface area contributed by atoms with E-state index in [2.05, 4.69) is 15.9 Å². The molecule has 1 aromatic rings. The van der Waals surface area contributed by atoms with Crippen molar-refractivity contribution < 1.29 is 4.92 Å². The lowest BCUT2D eigenvalue weighted by Crippen LogP contribution is -1.96. The Hall–Kier alpha value is -0.900. The van der Waals surface area contributed by atoms with E-state index in [0.717, 1.165) is 10.0 Å². The van der Waals surface area contributed by atoms with Gasteiger partial charge in [-0.05, 0) is 18.1 Å². The van der Waals surface area contributed by atoms with Crippen molar-refractivity contribution in [1.82, 2.24) is 0 Å². The molecule has 0 atom stereocenters. The second-order valence-electron chi connectivity index (χ2n) is 3.11. The number of nitro groups is 1. The van der Waals surface area contributed by atoms with Crippen molar-refractivity contribution >= 4 is 21.6 Å². The molecule has 0 spiro atoms. The molecule has 0 saturated carbocycles. The highest BCUT2D eigenvalue weighted by molar-refractivity contribution is 9.10. The van der Waals surface area contributed by atoms with E-state index in [1.165, 1.54) is 6.07 Å².